The standard InChI is InChI=1S/C15H18N2OS/c1-10-4-5-13(11(2)8-10)6-7-14(18)17-15-16-9-12(3)19-15/h4-5,8-9H,6-7H2,1-3H3,(H,16,17,18). The first-order chi connectivity index (χ1) is 9.04. The van der Waals surface area contributed by atoms with Crippen molar-refractivity contribution in [1.29, 1.82) is 0 Å². The molecule has 0 bridgehead atoms. The van der Waals surface area contributed by atoms with Gasteiger partial charge in [0.2, 0.25) is 5.91 Å². The Kier molecular flexibility index (Phi) is 4.32. The molecule has 0 fully saturated rings. The summed E-state index contributed by atoms with van der Waals surface area (Å²) < 4.78 is 0. The van der Waals surface area contributed by atoms with Gasteiger partial charge in [-0.25, -0.2) is 4.98 Å². The Bertz CT molecular complexity index is 590. The quantitative estimate of drug-likeness (QED) is 0.925. The number of nitrogens with zero attached hydrogens (tertiary/aromatic N) is 1. The molecule has 100 valence electrons. The number of anilines is 1. The summed E-state index contributed by atoms with van der Waals surface area (Å²) in [4.78, 5) is 17.1. The Morgan fingerprint density at radius 2 is 2.11 bits per heavy atom. The number of benzene rings is 1. The molecule has 0 aliphatic rings. The average molecular weight is 274 g/mol. The molecule has 0 spiro atoms. The number of aromatic nitrogens is 1. The highest BCUT2D eigenvalue weighted by atomic mass is 32.1. The van der Waals surface area contributed by atoms with Gasteiger partial charge in [0.15, 0.2) is 5.13 Å². The zero-order valence-corrected chi connectivity index (χ0v) is 12.3. The van der Waals surface area contributed by atoms with Crippen LogP contribution in [0.15, 0.2) is 24.4 Å². The molecule has 0 aliphatic heterocycles. The molecule has 0 radical (unpaired) electrons. The molecule has 19 heavy (non-hydrogen) atoms. The molecule has 1 amide bonds. The normalized spacial score (nSPS) is 10.5. The Balaban J connectivity index is 1.89. The molecule has 2 aromatic rings. The number of amides is 1. The van der Waals surface area contributed by atoms with Crippen molar-refractivity contribution >= 4 is 22.4 Å². The maximum absolute atomic E-state index is 11.8. The first-order valence-electron chi connectivity index (χ1n) is 6.33. The van der Waals surface area contributed by atoms with Crippen LogP contribution in [0.3, 0.4) is 0 Å². The summed E-state index contributed by atoms with van der Waals surface area (Å²) in [6, 6.07) is 6.34. The number of carbonyl (C=O) groups excluding carboxylic acids is 1. The lowest BCUT2D eigenvalue weighted by molar-refractivity contribution is -0.116. The van der Waals surface area contributed by atoms with Gasteiger partial charge in [-0.3, -0.25) is 4.79 Å². The van der Waals surface area contributed by atoms with Crippen LogP contribution in [0.2, 0.25) is 0 Å². The highest BCUT2D eigenvalue weighted by Gasteiger charge is 2.07. The first-order valence-corrected chi connectivity index (χ1v) is 7.14. The lowest BCUT2D eigenvalue weighted by Gasteiger charge is -2.06. The van der Waals surface area contributed by atoms with E-state index in [1.165, 1.54) is 28.0 Å². The molecular weight excluding hydrogens is 256 g/mol. The molecule has 3 nitrogen and oxygen atoms in total. The number of thiazole rings is 1. The Labute approximate surface area is 117 Å². The van der Waals surface area contributed by atoms with Gasteiger partial charge in [0.25, 0.3) is 0 Å². The monoisotopic (exact) mass is 274 g/mol. The summed E-state index contributed by atoms with van der Waals surface area (Å²) in [5.41, 5.74) is 3.73. The zero-order valence-electron chi connectivity index (χ0n) is 11.5. The van der Waals surface area contributed by atoms with E-state index in [4.69, 9.17) is 0 Å². The zero-order chi connectivity index (χ0) is 13.8. The van der Waals surface area contributed by atoms with Crippen LogP contribution in [0.25, 0.3) is 0 Å². The van der Waals surface area contributed by atoms with Crippen LogP contribution >= 0.6 is 11.3 Å². The molecule has 0 unspecified atom stereocenters. The van der Waals surface area contributed by atoms with Gasteiger partial charge in [-0.15, -0.1) is 11.3 Å². The lowest BCUT2D eigenvalue weighted by Crippen LogP contribution is -2.12. The third kappa shape index (κ3) is 3.89. The van der Waals surface area contributed by atoms with E-state index in [1.54, 1.807) is 6.20 Å². The van der Waals surface area contributed by atoms with Crippen molar-refractivity contribution in [2.45, 2.75) is 33.6 Å². The number of nitrogens with one attached hydrogen (secondary N) is 1. The minimum Gasteiger partial charge on any atom is -0.302 e. The van der Waals surface area contributed by atoms with Gasteiger partial charge in [-0.05, 0) is 38.3 Å². The van der Waals surface area contributed by atoms with Crippen molar-refractivity contribution in [2.75, 3.05) is 5.32 Å². The highest BCUT2D eigenvalue weighted by molar-refractivity contribution is 7.15. The number of hydrogen-bond donors (Lipinski definition) is 1. The van der Waals surface area contributed by atoms with Gasteiger partial charge >= 0.3 is 0 Å². The van der Waals surface area contributed by atoms with Gasteiger partial charge in [0.1, 0.15) is 0 Å². The smallest absolute Gasteiger partial charge is 0.226 e. The van der Waals surface area contributed by atoms with E-state index in [-0.39, 0.29) is 5.91 Å². The maximum atomic E-state index is 11.8. The van der Waals surface area contributed by atoms with E-state index >= 15 is 0 Å². The summed E-state index contributed by atoms with van der Waals surface area (Å²) in [6.45, 7) is 6.14. The van der Waals surface area contributed by atoms with Crippen molar-refractivity contribution in [2.24, 2.45) is 0 Å². The molecule has 1 N–H and O–H groups in total. The van der Waals surface area contributed by atoms with Gasteiger partial charge in [-0.2, -0.15) is 0 Å². The number of aryl methyl sites for hydroxylation is 4. The molecule has 2 rings (SSSR count). The van der Waals surface area contributed by atoms with Gasteiger partial charge < -0.3 is 5.32 Å². The number of hydrogen-bond acceptors (Lipinski definition) is 3. The predicted molar refractivity (Wildman–Crippen MR) is 79.7 cm³/mol. The molecular formula is C15H18N2OS. The van der Waals surface area contributed by atoms with E-state index in [0.717, 1.165) is 11.3 Å². The van der Waals surface area contributed by atoms with Crippen LogP contribution in [-0.4, -0.2) is 10.9 Å². The van der Waals surface area contributed by atoms with Crippen molar-refractivity contribution in [1.82, 2.24) is 4.98 Å². The molecule has 1 aromatic carbocycles. The van der Waals surface area contributed by atoms with Crippen LogP contribution in [0.5, 0.6) is 0 Å². The fourth-order valence-corrected chi connectivity index (χ4v) is 2.65. The second kappa shape index (κ2) is 5.97. The van der Waals surface area contributed by atoms with Gasteiger partial charge in [0, 0.05) is 17.5 Å². The van der Waals surface area contributed by atoms with Crippen molar-refractivity contribution < 1.29 is 4.79 Å². The number of rotatable bonds is 4. The molecule has 0 aliphatic carbocycles. The minimum atomic E-state index is 0.0225. The Hall–Kier alpha value is -1.68. The topological polar surface area (TPSA) is 42.0 Å². The molecule has 0 atom stereocenters. The second-order valence-corrected chi connectivity index (χ2v) is 5.99. The highest BCUT2D eigenvalue weighted by Crippen LogP contribution is 2.17. The van der Waals surface area contributed by atoms with Crippen molar-refractivity contribution in [3.8, 4) is 0 Å². The van der Waals surface area contributed by atoms with E-state index in [9.17, 15) is 4.79 Å². The molecule has 0 saturated carbocycles. The summed E-state index contributed by atoms with van der Waals surface area (Å²) >= 11 is 1.50. The number of carbonyl (C=O) groups is 1. The summed E-state index contributed by atoms with van der Waals surface area (Å²) in [7, 11) is 0. The fraction of sp³-hybridized carbons (Fsp3) is 0.333. The Morgan fingerprint density at radius 3 is 2.74 bits per heavy atom. The van der Waals surface area contributed by atoms with Crippen molar-refractivity contribution in [3.05, 3.63) is 46.0 Å². The van der Waals surface area contributed by atoms with E-state index in [0.29, 0.717) is 11.6 Å². The minimum absolute atomic E-state index is 0.0225. The van der Waals surface area contributed by atoms with Crippen LogP contribution in [0, 0.1) is 20.8 Å². The summed E-state index contributed by atoms with van der Waals surface area (Å²) in [5, 5.41) is 3.52. The third-order valence-electron chi connectivity index (χ3n) is 2.99. The third-order valence-corrected chi connectivity index (χ3v) is 3.82. The molecule has 1 aromatic heterocycles. The van der Waals surface area contributed by atoms with Crippen molar-refractivity contribution in [3.63, 3.8) is 0 Å². The van der Waals surface area contributed by atoms with Crippen LogP contribution < -0.4 is 5.32 Å². The fourth-order valence-electron chi connectivity index (χ4n) is 1.97. The molecule has 4 heteroatoms. The maximum Gasteiger partial charge on any atom is 0.226 e. The summed E-state index contributed by atoms with van der Waals surface area (Å²) in [6.07, 6.45) is 3.02. The van der Waals surface area contributed by atoms with Gasteiger partial charge in [0.05, 0.1) is 0 Å². The van der Waals surface area contributed by atoms with Crippen LogP contribution in [-0.2, 0) is 11.2 Å². The SMILES string of the molecule is Cc1ccc(CCC(=O)Nc2ncc(C)s2)c(C)c1. The van der Waals surface area contributed by atoms with Crippen LogP contribution in [0.1, 0.15) is 28.0 Å². The molecule has 0 saturated heterocycles. The predicted octanol–water partition coefficient (Wildman–Crippen LogP) is 3.64. The van der Waals surface area contributed by atoms with E-state index in [2.05, 4.69) is 42.3 Å². The molecule has 1 heterocycles. The van der Waals surface area contributed by atoms with E-state index in [1.807, 2.05) is 6.92 Å². The van der Waals surface area contributed by atoms with Crippen LogP contribution in [0.4, 0.5) is 5.13 Å². The first kappa shape index (κ1) is 13.7. The lowest BCUT2D eigenvalue weighted by atomic mass is 10.0. The van der Waals surface area contributed by atoms with E-state index < -0.39 is 0 Å². The summed E-state index contributed by atoms with van der Waals surface area (Å²) in [5.74, 6) is 0.0225. The largest absolute Gasteiger partial charge is 0.302 e. The van der Waals surface area contributed by atoms with Gasteiger partial charge in [-0.1, -0.05) is 23.8 Å². The average Bonchev–Trinajstić information content (AvgIpc) is 2.73. The Morgan fingerprint density at radius 1 is 1.32 bits per heavy atom. The second-order valence-electron chi connectivity index (χ2n) is 4.75.